The van der Waals surface area contributed by atoms with Crippen molar-refractivity contribution in [2.45, 2.75) is 150 Å². The zero-order chi connectivity index (χ0) is 50.9. The van der Waals surface area contributed by atoms with Gasteiger partial charge in [-0.15, -0.1) is 0 Å². The summed E-state index contributed by atoms with van der Waals surface area (Å²) in [6.45, 7) is 31.5. The summed E-state index contributed by atoms with van der Waals surface area (Å²) < 4.78 is 0. The van der Waals surface area contributed by atoms with Crippen LogP contribution in [0.2, 0.25) is 0 Å². The predicted molar refractivity (Wildman–Crippen MR) is 307 cm³/mol. The molecule has 3 heteroatoms. The molecule has 4 bridgehead atoms. The standard InChI is InChI=1S/C68H77N3/c1-13-18-28-50(15-3)65-70-46-49-32-36-57-56(30-19-14-2)60(17-5)68(61(57)42-49)62-43-53(66(8,9)10)34-38-58(62)59-39-35-54(44-63(59)68)67(11,12)40-26-25-31-64(71-65)52-29-24-22-20-21-23-27-48(7)55(37-33-52)51(16-4)41-47(6)45-69/h13-14,16,18-20,22-23,27-28,30,32-39,41-44H,2,7,15,17,21,24-26,29,31,40,46H2,1,3-6,8-12H3/b18-13-,22-20?,27-23-,30-19-,47-41+,50-28+,51-16+,52-33+,55-37+,70-65?,71-64?. The summed E-state index contributed by atoms with van der Waals surface area (Å²) >= 11 is 0. The predicted octanol–water partition coefficient (Wildman–Crippen LogP) is 18.4. The first-order valence-electron chi connectivity index (χ1n) is 26.2. The molecule has 3 aliphatic carbocycles. The molecule has 7 rings (SSSR count). The minimum absolute atomic E-state index is 0.0221. The lowest BCUT2D eigenvalue weighted by Gasteiger charge is -2.35. The molecule has 3 aromatic rings. The summed E-state index contributed by atoms with van der Waals surface area (Å²) in [5.41, 5.74) is 21.1. The lowest BCUT2D eigenvalue weighted by atomic mass is 9.67. The van der Waals surface area contributed by atoms with Crippen molar-refractivity contribution in [3.05, 3.63) is 231 Å². The van der Waals surface area contributed by atoms with Crippen LogP contribution in [-0.4, -0.2) is 11.5 Å². The number of rotatable bonds is 9. The van der Waals surface area contributed by atoms with Crippen LogP contribution in [0.15, 0.2) is 202 Å². The Balaban J connectivity index is 1.51. The zero-order valence-electron chi connectivity index (χ0n) is 44.6. The fourth-order valence-corrected chi connectivity index (χ4v) is 11.1. The number of amidine groups is 1. The van der Waals surface area contributed by atoms with E-state index in [2.05, 4.69) is 202 Å². The van der Waals surface area contributed by atoms with E-state index < -0.39 is 5.41 Å². The van der Waals surface area contributed by atoms with Crippen LogP contribution < -0.4 is 0 Å². The summed E-state index contributed by atoms with van der Waals surface area (Å²) in [6, 6.07) is 24.3. The third-order valence-corrected chi connectivity index (χ3v) is 15.0. The molecule has 0 amide bonds. The number of hydrogen-bond donors (Lipinski definition) is 0. The van der Waals surface area contributed by atoms with Crippen LogP contribution in [-0.2, 0) is 22.8 Å². The first-order valence-corrected chi connectivity index (χ1v) is 26.2. The van der Waals surface area contributed by atoms with Gasteiger partial charge in [-0.25, -0.2) is 4.99 Å². The molecule has 71 heavy (non-hydrogen) atoms. The van der Waals surface area contributed by atoms with Gasteiger partial charge in [-0.05, 0) is 178 Å². The van der Waals surface area contributed by atoms with E-state index in [0.717, 1.165) is 91.6 Å². The van der Waals surface area contributed by atoms with E-state index in [4.69, 9.17) is 9.98 Å². The minimum Gasteiger partial charge on any atom is -0.262 e. The zero-order valence-corrected chi connectivity index (χ0v) is 44.6. The number of hydrogen-bond acceptors (Lipinski definition) is 3. The fourth-order valence-electron chi connectivity index (χ4n) is 11.1. The normalized spacial score (nSPS) is 22.1. The highest BCUT2D eigenvalue weighted by Crippen LogP contribution is 2.63. The van der Waals surface area contributed by atoms with Crippen molar-refractivity contribution >= 4 is 17.1 Å². The first-order chi connectivity index (χ1) is 34.2. The Morgan fingerprint density at radius 1 is 0.873 bits per heavy atom. The largest absolute Gasteiger partial charge is 0.262 e. The molecule has 1 spiro atoms. The molecule has 0 saturated carbocycles. The number of allylic oxidation sites excluding steroid dienone is 21. The van der Waals surface area contributed by atoms with Gasteiger partial charge in [0, 0.05) is 11.3 Å². The summed E-state index contributed by atoms with van der Waals surface area (Å²) in [4.78, 5) is 11.3. The monoisotopic (exact) mass is 936 g/mol. The molecule has 3 aromatic carbocycles. The van der Waals surface area contributed by atoms with Crippen molar-refractivity contribution in [2.75, 3.05) is 0 Å². The van der Waals surface area contributed by atoms with Gasteiger partial charge in [-0.3, -0.25) is 4.99 Å². The van der Waals surface area contributed by atoms with Crippen LogP contribution in [0.5, 0.6) is 0 Å². The highest BCUT2D eigenvalue weighted by molar-refractivity contribution is 6.12. The molecule has 4 aliphatic rings. The van der Waals surface area contributed by atoms with E-state index >= 15 is 0 Å². The van der Waals surface area contributed by atoms with Crippen molar-refractivity contribution in [2.24, 2.45) is 9.98 Å². The van der Waals surface area contributed by atoms with E-state index in [1.165, 1.54) is 66.8 Å². The average Bonchev–Trinajstić information content (AvgIpc) is 3.80. The molecule has 0 N–H and O–H groups in total. The van der Waals surface area contributed by atoms with E-state index in [9.17, 15) is 5.26 Å². The Morgan fingerprint density at radius 3 is 2.32 bits per heavy atom. The number of nitrogens with zero attached hydrogens (tertiary/aromatic N) is 3. The Kier molecular flexibility index (Phi) is 16.6. The molecule has 0 fully saturated rings. The molecule has 364 valence electrons. The van der Waals surface area contributed by atoms with Crippen molar-refractivity contribution in [1.29, 1.82) is 5.26 Å². The Hall–Kier alpha value is -6.63. The van der Waals surface area contributed by atoms with Gasteiger partial charge in [-0.2, -0.15) is 5.26 Å². The van der Waals surface area contributed by atoms with Gasteiger partial charge in [0.1, 0.15) is 0 Å². The Bertz CT molecular complexity index is 3000. The first kappa shape index (κ1) is 52.2. The van der Waals surface area contributed by atoms with E-state index in [1.54, 1.807) is 0 Å². The lowest BCUT2D eigenvalue weighted by molar-refractivity contribution is 0.454. The van der Waals surface area contributed by atoms with Gasteiger partial charge in [-0.1, -0.05) is 202 Å². The van der Waals surface area contributed by atoms with Crippen LogP contribution in [0.3, 0.4) is 0 Å². The Labute approximate surface area is 428 Å². The molecule has 3 nitrogen and oxygen atoms in total. The van der Waals surface area contributed by atoms with Gasteiger partial charge in [0.15, 0.2) is 5.84 Å². The molecular formula is C68H77N3. The second kappa shape index (κ2) is 22.6. The molecular weight excluding hydrogens is 859 g/mol. The highest BCUT2D eigenvalue weighted by Gasteiger charge is 2.52. The second-order valence-electron chi connectivity index (χ2n) is 21.2. The quantitative estimate of drug-likeness (QED) is 0.120. The van der Waals surface area contributed by atoms with Gasteiger partial charge in [0.2, 0.25) is 0 Å². The fraction of sp³-hybridized carbons (Fsp3) is 0.338. The van der Waals surface area contributed by atoms with Crippen LogP contribution >= 0.6 is 0 Å². The third kappa shape index (κ3) is 10.8. The van der Waals surface area contributed by atoms with Gasteiger partial charge in [0.25, 0.3) is 0 Å². The van der Waals surface area contributed by atoms with E-state index in [-0.39, 0.29) is 10.8 Å². The van der Waals surface area contributed by atoms with Gasteiger partial charge < -0.3 is 0 Å². The summed E-state index contributed by atoms with van der Waals surface area (Å²) in [7, 11) is 0. The molecule has 1 aliphatic heterocycles. The summed E-state index contributed by atoms with van der Waals surface area (Å²) in [5, 5.41) is 9.78. The van der Waals surface area contributed by atoms with Gasteiger partial charge in [0.05, 0.1) is 18.0 Å². The molecule has 0 radical (unpaired) electrons. The average molecular weight is 936 g/mol. The maximum Gasteiger partial charge on any atom is 0.151 e. The number of nitriles is 1. The summed E-state index contributed by atoms with van der Waals surface area (Å²) in [5.74, 6) is 0.790. The second-order valence-corrected chi connectivity index (χ2v) is 21.2. The smallest absolute Gasteiger partial charge is 0.151 e. The summed E-state index contributed by atoms with van der Waals surface area (Å²) in [6.07, 6.45) is 38.2. The van der Waals surface area contributed by atoms with Crippen LogP contribution in [0.25, 0.3) is 16.7 Å². The van der Waals surface area contributed by atoms with Crippen LogP contribution in [0.1, 0.15) is 166 Å². The van der Waals surface area contributed by atoms with Crippen molar-refractivity contribution in [3.63, 3.8) is 0 Å². The topological polar surface area (TPSA) is 48.5 Å². The van der Waals surface area contributed by atoms with Crippen LogP contribution in [0.4, 0.5) is 0 Å². The Morgan fingerprint density at radius 2 is 1.62 bits per heavy atom. The highest BCUT2D eigenvalue weighted by atomic mass is 14.9. The SMILES string of the molecule is C=C/C=C\C1=C(CC)C23c4cc(ccc41)CN=C(/C(=C/C=C\C)CC)N=C(/C1=C/C=C(C(/C=C(\C)C#N)=C/C)\C(=C)/C=C\CC=CCC1)CCCCC(C)(C)c1ccc(c2c1)-c1ccc(C(C)(C)C)cc13. The number of fused-ring (bicyclic) bond motifs is 4. The minimum atomic E-state index is -0.469. The maximum absolute atomic E-state index is 9.78. The molecule has 1 unspecified atom stereocenters. The van der Waals surface area contributed by atoms with Gasteiger partial charge >= 0.3 is 0 Å². The van der Waals surface area contributed by atoms with Crippen molar-refractivity contribution < 1.29 is 0 Å². The maximum atomic E-state index is 9.78. The third-order valence-electron chi connectivity index (χ3n) is 15.0. The van der Waals surface area contributed by atoms with E-state index in [1.807, 2.05) is 26.0 Å². The molecule has 0 saturated heterocycles. The molecule has 1 heterocycles. The van der Waals surface area contributed by atoms with Crippen molar-refractivity contribution in [1.82, 2.24) is 0 Å². The number of benzene rings is 3. The molecule has 1 atom stereocenters. The van der Waals surface area contributed by atoms with Crippen LogP contribution in [0, 0.1) is 11.3 Å². The number of aliphatic imine (C=N–C) groups is 2. The molecule has 0 aromatic heterocycles. The van der Waals surface area contributed by atoms with Crippen molar-refractivity contribution in [3.8, 4) is 17.2 Å². The van der Waals surface area contributed by atoms with E-state index in [0.29, 0.717) is 12.1 Å². The lowest BCUT2D eigenvalue weighted by Crippen LogP contribution is -2.29.